The summed E-state index contributed by atoms with van der Waals surface area (Å²) in [5.74, 6) is -0.241. The molecule has 3 heteroatoms. The van der Waals surface area contributed by atoms with Crippen LogP contribution in [0.5, 0.6) is 0 Å². The van der Waals surface area contributed by atoms with E-state index in [4.69, 9.17) is 0 Å². The summed E-state index contributed by atoms with van der Waals surface area (Å²) in [6, 6.07) is 0.554. The van der Waals surface area contributed by atoms with E-state index in [1.54, 1.807) is 6.92 Å². The fraction of sp³-hybridized carbons (Fsp3) is 0.786. The number of carbonyl (C=O) groups excluding carboxylic acids is 1. The molecule has 1 unspecified atom stereocenters. The molecular formula is C14H25NO2. The molecule has 1 fully saturated rings. The zero-order valence-electron chi connectivity index (χ0n) is 11.5. The highest BCUT2D eigenvalue weighted by Gasteiger charge is 2.31. The lowest BCUT2D eigenvalue weighted by Gasteiger charge is -2.39. The molecule has 0 bridgehead atoms. The van der Waals surface area contributed by atoms with Gasteiger partial charge in [-0.3, -0.25) is 0 Å². The summed E-state index contributed by atoms with van der Waals surface area (Å²) in [7, 11) is 1.41. The van der Waals surface area contributed by atoms with Gasteiger partial charge in [-0.2, -0.15) is 0 Å². The molecule has 17 heavy (non-hydrogen) atoms. The van der Waals surface area contributed by atoms with Crippen LogP contribution in [0.2, 0.25) is 0 Å². The molecular weight excluding hydrogens is 214 g/mol. The van der Waals surface area contributed by atoms with Gasteiger partial charge in [0, 0.05) is 18.2 Å². The van der Waals surface area contributed by atoms with Gasteiger partial charge >= 0.3 is 5.97 Å². The van der Waals surface area contributed by atoms with Crippen LogP contribution in [-0.4, -0.2) is 25.7 Å². The smallest absolute Gasteiger partial charge is 0.333 e. The van der Waals surface area contributed by atoms with Crippen LogP contribution >= 0.6 is 0 Å². The van der Waals surface area contributed by atoms with Crippen molar-refractivity contribution in [2.45, 2.75) is 52.5 Å². The molecule has 1 saturated carbocycles. The molecule has 1 atom stereocenters. The van der Waals surface area contributed by atoms with Gasteiger partial charge in [0.2, 0.25) is 0 Å². The predicted molar refractivity (Wildman–Crippen MR) is 69.8 cm³/mol. The minimum atomic E-state index is -0.241. The van der Waals surface area contributed by atoms with Crippen molar-refractivity contribution in [3.8, 4) is 0 Å². The predicted octanol–water partition coefficient (Wildman–Crippen LogP) is 2.66. The van der Waals surface area contributed by atoms with E-state index in [0.717, 1.165) is 6.54 Å². The van der Waals surface area contributed by atoms with Crippen LogP contribution in [-0.2, 0) is 9.53 Å². The Morgan fingerprint density at radius 2 is 2.18 bits per heavy atom. The first-order chi connectivity index (χ1) is 7.97. The molecule has 3 nitrogen and oxygen atoms in total. The number of methoxy groups -OCH3 is 1. The maximum Gasteiger partial charge on any atom is 0.333 e. The monoisotopic (exact) mass is 239 g/mol. The van der Waals surface area contributed by atoms with Gasteiger partial charge in [0.15, 0.2) is 0 Å². The van der Waals surface area contributed by atoms with Gasteiger partial charge in [-0.05, 0) is 25.2 Å². The number of hydrogen-bond acceptors (Lipinski definition) is 3. The molecule has 1 aliphatic carbocycles. The number of carbonyl (C=O) groups is 1. The Hall–Kier alpha value is -0.830. The molecule has 1 N–H and O–H groups in total. The number of rotatable bonds is 4. The fourth-order valence-corrected chi connectivity index (χ4v) is 2.47. The number of esters is 1. The second-order valence-electron chi connectivity index (χ2n) is 5.57. The van der Waals surface area contributed by atoms with Crippen molar-refractivity contribution in [1.82, 2.24) is 5.32 Å². The first kappa shape index (κ1) is 14.2. The van der Waals surface area contributed by atoms with Crippen LogP contribution in [0.15, 0.2) is 11.6 Å². The minimum Gasteiger partial charge on any atom is -0.466 e. The summed E-state index contributed by atoms with van der Waals surface area (Å²) in [5, 5.41) is 3.54. The van der Waals surface area contributed by atoms with Crippen molar-refractivity contribution >= 4 is 5.97 Å². The Morgan fingerprint density at radius 1 is 1.47 bits per heavy atom. The highest BCUT2D eigenvalue weighted by molar-refractivity contribution is 5.87. The first-order valence-corrected chi connectivity index (χ1v) is 6.46. The quantitative estimate of drug-likeness (QED) is 0.605. The van der Waals surface area contributed by atoms with Crippen molar-refractivity contribution in [3.05, 3.63) is 11.6 Å². The Kier molecular flexibility index (Phi) is 5.19. The van der Waals surface area contributed by atoms with Crippen LogP contribution < -0.4 is 5.32 Å². The van der Waals surface area contributed by atoms with Crippen LogP contribution in [0.25, 0.3) is 0 Å². The zero-order valence-corrected chi connectivity index (χ0v) is 11.5. The van der Waals surface area contributed by atoms with Gasteiger partial charge in [-0.25, -0.2) is 4.79 Å². The third-order valence-corrected chi connectivity index (χ3v) is 3.79. The van der Waals surface area contributed by atoms with E-state index >= 15 is 0 Å². The van der Waals surface area contributed by atoms with E-state index in [0.29, 0.717) is 17.0 Å². The van der Waals surface area contributed by atoms with E-state index in [2.05, 4.69) is 23.9 Å². The van der Waals surface area contributed by atoms with Crippen LogP contribution in [0.4, 0.5) is 0 Å². The summed E-state index contributed by atoms with van der Waals surface area (Å²) < 4.78 is 4.66. The maximum atomic E-state index is 11.2. The van der Waals surface area contributed by atoms with E-state index in [1.165, 1.54) is 32.8 Å². The average molecular weight is 239 g/mol. The lowest BCUT2D eigenvalue weighted by atomic mass is 9.73. The Morgan fingerprint density at radius 3 is 2.76 bits per heavy atom. The van der Waals surface area contributed by atoms with Gasteiger partial charge in [-0.15, -0.1) is 0 Å². The fourth-order valence-electron chi connectivity index (χ4n) is 2.47. The lowest BCUT2D eigenvalue weighted by Crippen LogP contribution is -2.44. The van der Waals surface area contributed by atoms with Crippen molar-refractivity contribution < 1.29 is 9.53 Å². The third kappa shape index (κ3) is 4.15. The van der Waals surface area contributed by atoms with Crippen molar-refractivity contribution in [2.24, 2.45) is 5.41 Å². The molecule has 0 aromatic carbocycles. The Bertz CT molecular complexity index is 295. The summed E-state index contributed by atoms with van der Waals surface area (Å²) in [6.45, 7) is 7.18. The lowest BCUT2D eigenvalue weighted by molar-refractivity contribution is -0.136. The number of hydrogen-bond donors (Lipinski definition) is 1. The normalized spacial score (nSPS) is 24.5. The molecule has 0 aliphatic heterocycles. The molecule has 1 aliphatic rings. The standard InChI is InChI=1S/C14H25NO2/c1-11(13(16)17-4)8-10-15-12-7-5-6-9-14(12,2)3/h8,12,15H,5-7,9-10H2,1-4H3. The highest BCUT2D eigenvalue weighted by atomic mass is 16.5. The van der Waals surface area contributed by atoms with E-state index in [9.17, 15) is 4.79 Å². The Labute approximate surface area is 105 Å². The van der Waals surface area contributed by atoms with E-state index < -0.39 is 0 Å². The molecule has 0 heterocycles. The molecule has 98 valence electrons. The van der Waals surface area contributed by atoms with Gasteiger partial charge < -0.3 is 10.1 Å². The van der Waals surface area contributed by atoms with Gasteiger partial charge in [0.25, 0.3) is 0 Å². The molecule has 0 spiro atoms. The summed E-state index contributed by atoms with van der Waals surface area (Å²) in [5.41, 5.74) is 1.04. The van der Waals surface area contributed by atoms with E-state index in [1.807, 2.05) is 6.08 Å². The molecule has 0 saturated heterocycles. The van der Waals surface area contributed by atoms with Gasteiger partial charge in [0.05, 0.1) is 7.11 Å². The van der Waals surface area contributed by atoms with Crippen molar-refractivity contribution in [1.29, 1.82) is 0 Å². The van der Waals surface area contributed by atoms with Crippen LogP contribution in [0.3, 0.4) is 0 Å². The van der Waals surface area contributed by atoms with Gasteiger partial charge in [0.1, 0.15) is 0 Å². The molecule has 0 radical (unpaired) electrons. The topological polar surface area (TPSA) is 38.3 Å². The first-order valence-electron chi connectivity index (χ1n) is 6.46. The van der Waals surface area contributed by atoms with Crippen LogP contribution in [0.1, 0.15) is 46.5 Å². The number of ether oxygens (including phenoxy) is 1. The molecule has 0 aromatic heterocycles. The second kappa shape index (κ2) is 6.20. The molecule has 0 amide bonds. The third-order valence-electron chi connectivity index (χ3n) is 3.79. The maximum absolute atomic E-state index is 11.2. The summed E-state index contributed by atoms with van der Waals surface area (Å²) in [4.78, 5) is 11.2. The Balaban J connectivity index is 2.42. The molecule has 0 aromatic rings. The second-order valence-corrected chi connectivity index (χ2v) is 5.57. The average Bonchev–Trinajstić information content (AvgIpc) is 2.29. The minimum absolute atomic E-state index is 0.241. The highest BCUT2D eigenvalue weighted by Crippen LogP contribution is 2.35. The zero-order chi connectivity index (χ0) is 12.9. The van der Waals surface area contributed by atoms with Crippen LogP contribution in [0, 0.1) is 5.41 Å². The van der Waals surface area contributed by atoms with Crippen molar-refractivity contribution in [3.63, 3.8) is 0 Å². The summed E-state index contributed by atoms with van der Waals surface area (Å²) >= 11 is 0. The summed E-state index contributed by atoms with van der Waals surface area (Å²) in [6.07, 6.45) is 7.07. The largest absolute Gasteiger partial charge is 0.466 e. The van der Waals surface area contributed by atoms with E-state index in [-0.39, 0.29) is 5.97 Å². The molecule has 1 rings (SSSR count). The SMILES string of the molecule is COC(=O)C(C)=CCNC1CCCCC1(C)C. The van der Waals surface area contributed by atoms with Gasteiger partial charge in [-0.1, -0.05) is 32.8 Å². The van der Waals surface area contributed by atoms with Crippen molar-refractivity contribution in [2.75, 3.05) is 13.7 Å². The number of nitrogens with one attached hydrogen (secondary N) is 1.